The molecule has 2 nitrogen and oxygen atoms in total. The number of rotatable bonds is 1. The summed E-state index contributed by atoms with van der Waals surface area (Å²) >= 11 is 3.39. The van der Waals surface area contributed by atoms with Gasteiger partial charge in [-0.1, -0.05) is 20.8 Å². The van der Waals surface area contributed by atoms with Crippen LogP contribution in [0.15, 0.2) is 10.2 Å². The van der Waals surface area contributed by atoms with E-state index in [2.05, 4.69) is 36.7 Å². The fourth-order valence-electron chi connectivity index (χ4n) is 3.10. The van der Waals surface area contributed by atoms with E-state index >= 15 is 0 Å². The highest BCUT2D eigenvalue weighted by Gasteiger charge is 2.61. The maximum Gasteiger partial charge on any atom is 0.179 e. The van der Waals surface area contributed by atoms with Crippen LogP contribution in [0.1, 0.15) is 33.6 Å². The molecule has 2 bridgehead atoms. The maximum absolute atomic E-state index is 12.3. The Bertz CT molecular complexity index is 357. The SMILES string of the molecule is COC1=C(Br)C(=O)C2(C)CCC1C2(C)C. The van der Waals surface area contributed by atoms with Gasteiger partial charge in [-0.25, -0.2) is 0 Å². The summed E-state index contributed by atoms with van der Waals surface area (Å²) in [4.78, 5) is 12.3. The van der Waals surface area contributed by atoms with E-state index in [0.717, 1.165) is 18.6 Å². The van der Waals surface area contributed by atoms with Crippen molar-refractivity contribution in [2.45, 2.75) is 33.6 Å². The van der Waals surface area contributed by atoms with Gasteiger partial charge >= 0.3 is 0 Å². The van der Waals surface area contributed by atoms with Gasteiger partial charge in [0, 0.05) is 11.3 Å². The predicted octanol–water partition coefficient (Wildman–Crippen LogP) is 3.26. The van der Waals surface area contributed by atoms with Crippen molar-refractivity contribution in [1.29, 1.82) is 0 Å². The van der Waals surface area contributed by atoms with E-state index in [1.165, 1.54) is 0 Å². The van der Waals surface area contributed by atoms with Crippen LogP contribution >= 0.6 is 15.9 Å². The van der Waals surface area contributed by atoms with Crippen molar-refractivity contribution in [3.63, 3.8) is 0 Å². The molecule has 0 spiro atoms. The Hall–Kier alpha value is -0.310. The van der Waals surface area contributed by atoms with Gasteiger partial charge in [-0.3, -0.25) is 4.79 Å². The molecule has 0 aromatic heterocycles. The van der Waals surface area contributed by atoms with Gasteiger partial charge in [0.15, 0.2) is 5.78 Å². The van der Waals surface area contributed by atoms with Crippen molar-refractivity contribution in [3.8, 4) is 0 Å². The van der Waals surface area contributed by atoms with Crippen LogP contribution in [0.5, 0.6) is 0 Å². The molecule has 0 heterocycles. The molecule has 0 radical (unpaired) electrons. The van der Waals surface area contributed by atoms with Gasteiger partial charge in [-0.15, -0.1) is 0 Å². The van der Waals surface area contributed by atoms with E-state index in [-0.39, 0.29) is 16.6 Å². The van der Waals surface area contributed by atoms with Crippen LogP contribution in [0.3, 0.4) is 0 Å². The molecule has 2 aliphatic carbocycles. The quantitative estimate of drug-likeness (QED) is 0.733. The standard InChI is InChI=1S/C12H17BrO2/c1-11(2)7-5-6-12(11,3)10(14)8(13)9(7)15-4/h7H,5-6H2,1-4H3. The summed E-state index contributed by atoms with van der Waals surface area (Å²) in [6.07, 6.45) is 2.01. The third kappa shape index (κ3) is 1.13. The number of hydrogen-bond acceptors (Lipinski definition) is 2. The minimum Gasteiger partial charge on any atom is -0.499 e. The highest BCUT2D eigenvalue weighted by Crippen LogP contribution is 2.63. The molecule has 0 aromatic carbocycles. The lowest BCUT2D eigenvalue weighted by atomic mass is 9.60. The number of ketones is 1. The average Bonchev–Trinajstić information content (AvgIpc) is 2.35. The zero-order valence-electron chi connectivity index (χ0n) is 9.69. The second-order valence-corrected chi connectivity index (χ2v) is 6.15. The van der Waals surface area contributed by atoms with Crippen molar-refractivity contribution in [2.24, 2.45) is 16.7 Å². The normalized spacial score (nSPS) is 38.5. The fourth-order valence-corrected chi connectivity index (χ4v) is 3.98. The molecule has 0 N–H and O–H groups in total. The van der Waals surface area contributed by atoms with E-state index in [1.54, 1.807) is 7.11 Å². The number of Topliss-reactive ketones (excluding diaryl/α,β-unsaturated/α-hetero) is 1. The van der Waals surface area contributed by atoms with E-state index in [0.29, 0.717) is 10.4 Å². The minimum absolute atomic E-state index is 0.00664. The van der Waals surface area contributed by atoms with Crippen LogP contribution in [0.25, 0.3) is 0 Å². The molecule has 2 aliphatic rings. The van der Waals surface area contributed by atoms with Crippen LogP contribution in [-0.4, -0.2) is 12.9 Å². The lowest BCUT2D eigenvalue weighted by molar-refractivity contribution is -0.130. The number of methoxy groups -OCH3 is 1. The Labute approximate surface area is 99.2 Å². The van der Waals surface area contributed by atoms with Crippen LogP contribution in [0.2, 0.25) is 0 Å². The number of hydrogen-bond donors (Lipinski definition) is 0. The lowest BCUT2D eigenvalue weighted by Crippen LogP contribution is -2.45. The topological polar surface area (TPSA) is 26.3 Å². The number of carbonyl (C=O) groups is 1. The first-order chi connectivity index (χ1) is 6.86. The number of ether oxygens (including phenoxy) is 1. The molecule has 1 saturated carbocycles. The van der Waals surface area contributed by atoms with Crippen molar-refractivity contribution in [3.05, 3.63) is 10.2 Å². The summed E-state index contributed by atoms with van der Waals surface area (Å²) in [7, 11) is 1.65. The molecule has 3 heteroatoms. The summed E-state index contributed by atoms with van der Waals surface area (Å²) in [5.41, 5.74) is -0.217. The van der Waals surface area contributed by atoms with E-state index in [4.69, 9.17) is 4.74 Å². The summed E-state index contributed by atoms with van der Waals surface area (Å²) in [5.74, 6) is 1.43. The molecule has 0 saturated heterocycles. The van der Waals surface area contributed by atoms with Gasteiger partial charge in [0.25, 0.3) is 0 Å². The van der Waals surface area contributed by atoms with Gasteiger partial charge in [0.1, 0.15) is 5.76 Å². The van der Waals surface area contributed by atoms with Gasteiger partial charge < -0.3 is 4.74 Å². The highest BCUT2D eigenvalue weighted by atomic mass is 79.9. The van der Waals surface area contributed by atoms with E-state index in [1.807, 2.05) is 0 Å². The smallest absolute Gasteiger partial charge is 0.179 e. The molecular formula is C12H17BrO2. The molecule has 15 heavy (non-hydrogen) atoms. The molecule has 2 unspecified atom stereocenters. The largest absolute Gasteiger partial charge is 0.499 e. The lowest BCUT2D eigenvalue weighted by Gasteiger charge is -2.44. The Morgan fingerprint density at radius 2 is 2.00 bits per heavy atom. The number of allylic oxidation sites excluding steroid dienone is 2. The molecule has 84 valence electrons. The monoisotopic (exact) mass is 272 g/mol. The van der Waals surface area contributed by atoms with Crippen LogP contribution < -0.4 is 0 Å². The number of fused-ring (bicyclic) bond motifs is 2. The van der Waals surface area contributed by atoms with Crippen molar-refractivity contribution >= 4 is 21.7 Å². The second-order valence-electron chi connectivity index (χ2n) is 5.36. The van der Waals surface area contributed by atoms with Gasteiger partial charge in [0.05, 0.1) is 11.6 Å². The second kappa shape index (κ2) is 3.09. The van der Waals surface area contributed by atoms with Crippen LogP contribution in [-0.2, 0) is 9.53 Å². The van der Waals surface area contributed by atoms with Crippen molar-refractivity contribution in [1.82, 2.24) is 0 Å². The third-order valence-electron chi connectivity index (χ3n) is 4.68. The summed E-state index contributed by atoms with van der Waals surface area (Å²) in [6, 6.07) is 0. The molecule has 1 fully saturated rings. The third-order valence-corrected chi connectivity index (χ3v) is 5.43. The van der Waals surface area contributed by atoms with E-state index in [9.17, 15) is 4.79 Å². The predicted molar refractivity (Wildman–Crippen MR) is 62.6 cm³/mol. The van der Waals surface area contributed by atoms with Crippen LogP contribution in [0, 0.1) is 16.7 Å². The molecule has 0 aromatic rings. The first kappa shape index (κ1) is 11.2. The first-order valence-electron chi connectivity index (χ1n) is 5.34. The van der Waals surface area contributed by atoms with Gasteiger partial charge in [-0.2, -0.15) is 0 Å². The summed E-state index contributed by atoms with van der Waals surface area (Å²) in [5, 5.41) is 0. The molecular weight excluding hydrogens is 256 g/mol. The molecule has 2 atom stereocenters. The Balaban J connectivity index is 2.62. The summed E-state index contributed by atoms with van der Waals surface area (Å²) < 4.78 is 6.06. The Morgan fingerprint density at radius 3 is 2.53 bits per heavy atom. The van der Waals surface area contributed by atoms with Gasteiger partial charge in [-0.05, 0) is 34.2 Å². The van der Waals surface area contributed by atoms with E-state index < -0.39 is 0 Å². The molecule has 2 rings (SSSR count). The fraction of sp³-hybridized carbons (Fsp3) is 0.750. The maximum atomic E-state index is 12.3. The zero-order chi connectivity index (χ0) is 11.4. The average molecular weight is 273 g/mol. The Morgan fingerprint density at radius 1 is 1.40 bits per heavy atom. The number of carbonyl (C=O) groups excluding carboxylic acids is 1. The minimum atomic E-state index is -0.224. The Kier molecular flexibility index (Phi) is 2.31. The summed E-state index contributed by atoms with van der Waals surface area (Å²) in [6.45, 7) is 6.45. The zero-order valence-corrected chi connectivity index (χ0v) is 11.3. The molecule has 0 amide bonds. The number of halogens is 1. The van der Waals surface area contributed by atoms with Crippen molar-refractivity contribution in [2.75, 3.05) is 7.11 Å². The van der Waals surface area contributed by atoms with Crippen LogP contribution in [0.4, 0.5) is 0 Å². The first-order valence-corrected chi connectivity index (χ1v) is 6.14. The van der Waals surface area contributed by atoms with Gasteiger partial charge in [0.2, 0.25) is 0 Å². The highest BCUT2D eigenvalue weighted by molar-refractivity contribution is 9.12. The molecule has 0 aliphatic heterocycles. The van der Waals surface area contributed by atoms with Crippen molar-refractivity contribution < 1.29 is 9.53 Å².